The highest BCUT2D eigenvalue weighted by Gasteiger charge is 2.25. The van der Waals surface area contributed by atoms with Gasteiger partial charge in [0.1, 0.15) is 5.82 Å². The maximum Gasteiger partial charge on any atom is 0.411 e. The maximum atomic E-state index is 13.0. The zero-order valence-corrected chi connectivity index (χ0v) is 17.1. The lowest BCUT2D eigenvalue weighted by molar-refractivity contribution is 0.0830. The Hall–Kier alpha value is -3.26. The molecule has 0 bridgehead atoms. The van der Waals surface area contributed by atoms with Crippen molar-refractivity contribution in [3.05, 3.63) is 60.0 Å². The molecule has 2 aromatic carbocycles. The quantitative estimate of drug-likeness (QED) is 0.443. The van der Waals surface area contributed by atoms with Crippen molar-refractivity contribution in [2.45, 2.75) is 19.3 Å². The maximum absolute atomic E-state index is 13.0. The number of carbonyl (C=O) groups is 2. The number of aromatic nitrogens is 1. The number of anilines is 1. The molecular weight excluding hydrogens is 401 g/mol. The van der Waals surface area contributed by atoms with Gasteiger partial charge >= 0.3 is 6.09 Å². The van der Waals surface area contributed by atoms with Crippen LogP contribution in [0.15, 0.2) is 53.2 Å². The van der Waals surface area contributed by atoms with Crippen molar-refractivity contribution in [2.24, 2.45) is 5.92 Å². The van der Waals surface area contributed by atoms with Crippen molar-refractivity contribution in [1.29, 1.82) is 0 Å². The molecule has 1 aromatic heterocycles. The molecule has 0 aliphatic carbocycles. The van der Waals surface area contributed by atoms with Crippen LogP contribution in [0.4, 0.5) is 14.9 Å². The second kappa shape index (κ2) is 9.70. The number of Topliss-reactive ketones (excluding diaryl/α,β-unsaturated/α-hetero) is 1. The zero-order chi connectivity index (χ0) is 21.6. The fourth-order valence-corrected chi connectivity index (χ4v) is 3.83. The van der Waals surface area contributed by atoms with E-state index in [-0.39, 0.29) is 17.5 Å². The molecule has 0 unspecified atom stereocenters. The number of ether oxygens (including phenoxy) is 1. The number of likely N-dealkylation sites (tertiary alicyclic amines) is 1. The Morgan fingerprint density at radius 3 is 2.71 bits per heavy atom. The third-order valence-corrected chi connectivity index (χ3v) is 5.54. The average Bonchev–Trinajstić information content (AvgIpc) is 3.25. The lowest BCUT2D eigenvalue weighted by atomic mass is 9.89. The second-order valence-electron chi connectivity index (χ2n) is 7.68. The summed E-state index contributed by atoms with van der Waals surface area (Å²) >= 11 is 0. The number of fused-ring (bicyclic) bond motifs is 1. The lowest BCUT2D eigenvalue weighted by Crippen LogP contribution is -2.37. The van der Waals surface area contributed by atoms with Crippen LogP contribution in [0.25, 0.3) is 11.0 Å². The van der Waals surface area contributed by atoms with Crippen LogP contribution in [-0.4, -0.2) is 48.2 Å². The van der Waals surface area contributed by atoms with E-state index in [1.54, 1.807) is 36.5 Å². The molecule has 4 rings (SSSR count). The van der Waals surface area contributed by atoms with Crippen LogP contribution in [0.5, 0.6) is 0 Å². The molecule has 7 nitrogen and oxygen atoms in total. The van der Waals surface area contributed by atoms with Gasteiger partial charge in [-0.25, -0.2) is 9.18 Å². The first-order chi connectivity index (χ1) is 15.1. The first-order valence-corrected chi connectivity index (χ1v) is 10.4. The highest BCUT2D eigenvalue weighted by Crippen LogP contribution is 2.22. The number of ketones is 1. The van der Waals surface area contributed by atoms with Crippen LogP contribution >= 0.6 is 0 Å². The number of carbonyl (C=O) groups excluding carboxylic acids is 2. The number of nitrogens with one attached hydrogen (secondary N) is 1. The fourth-order valence-electron chi connectivity index (χ4n) is 3.83. The molecule has 8 heteroatoms. The Morgan fingerprint density at radius 2 is 1.94 bits per heavy atom. The van der Waals surface area contributed by atoms with Crippen LogP contribution in [0, 0.1) is 11.7 Å². The van der Waals surface area contributed by atoms with E-state index in [0.29, 0.717) is 29.9 Å². The Labute approximate surface area is 179 Å². The fraction of sp³-hybridized carbons (Fsp3) is 0.348. The van der Waals surface area contributed by atoms with Gasteiger partial charge in [-0.3, -0.25) is 10.1 Å². The number of piperidine rings is 1. The number of hydrogen-bond acceptors (Lipinski definition) is 6. The minimum atomic E-state index is -0.501. The van der Waals surface area contributed by atoms with Gasteiger partial charge in [-0.2, -0.15) is 0 Å². The van der Waals surface area contributed by atoms with Crippen LogP contribution in [0.1, 0.15) is 29.6 Å². The molecule has 31 heavy (non-hydrogen) atoms. The molecule has 1 N–H and O–H groups in total. The molecule has 3 aromatic rings. The molecule has 0 atom stereocenters. The standard InChI is InChI=1S/C23H24FN3O4/c24-19-4-2-16(3-5-19)22(28)17-8-11-27(12-9-17)10-1-13-30-23(29)26-20-6-7-21-18(14-20)15-25-31-21/h2-7,14-15,17H,1,8-13H2,(H,26,29). The summed E-state index contributed by atoms with van der Waals surface area (Å²) in [6, 6.07) is 11.0. The van der Waals surface area contributed by atoms with Gasteiger partial charge in [0.2, 0.25) is 0 Å². The third kappa shape index (κ3) is 5.46. The number of halogens is 1. The van der Waals surface area contributed by atoms with Crippen molar-refractivity contribution in [3.63, 3.8) is 0 Å². The molecule has 0 spiro atoms. The summed E-state index contributed by atoms with van der Waals surface area (Å²) < 4.78 is 23.3. The van der Waals surface area contributed by atoms with E-state index in [1.807, 2.05) is 0 Å². The van der Waals surface area contributed by atoms with E-state index in [0.717, 1.165) is 37.9 Å². The van der Waals surface area contributed by atoms with E-state index in [4.69, 9.17) is 9.26 Å². The highest BCUT2D eigenvalue weighted by molar-refractivity contribution is 5.97. The Morgan fingerprint density at radius 1 is 1.16 bits per heavy atom. The molecule has 1 amide bonds. The van der Waals surface area contributed by atoms with Crippen LogP contribution < -0.4 is 5.32 Å². The molecule has 0 radical (unpaired) electrons. The highest BCUT2D eigenvalue weighted by atomic mass is 19.1. The van der Waals surface area contributed by atoms with E-state index < -0.39 is 6.09 Å². The molecule has 1 aliphatic rings. The molecule has 1 saturated heterocycles. The number of benzene rings is 2. The molecule has 1 fully saturated rings. The monoisotopic (exact) mass is 425 g/mol. The van der Waals surface area contributed by atoms with Gasteiger partial charge in [0.05, 0.1) is 12.8 Å². The van der Waals surface area contributed by atoms with E-state index >= 15 is 0 Å². The van der Waals surface area contributed by atoms with Crippen LogP contribution in [0.3, 0.4) is 0 Å². The van der Waals surface area contributed by atoms with Gasteiger partial charge in [-0.1, -0.05) is 5.16 Å². The molecule has 1 aliphatic heterocycles. The van der Waals surface area contributed by atoms with Gasteiger partial charge in [-0.05, 0) is 74.8 Å². The molecule has 0 saturated carbocycles. The van der Waals surface area contributed by atoms with Gasteiger partial charge in [0, 0.05) is 29.1 Å². The molecular formula is C23H24FN3O4. The van der Waals surface area contributed by atoms with Crippen molar-refractivity contribution < 1.29 is 23.2 Å². The summed E-state index contributed by atoms with van der Waals surface area (Å²) in [6.07, 6.45) is 3.36. The van der Waals surface area contributed by atoms with Gasteiger partial charge in [0.15, 0.2) is 11.4 Å². The van der Waals surface area contributed by atoms with Crippen molar-refractivity contribution in [1.82, 2.24) is 10.1 Å². The summed E-state index contributed by atoms with van der Waals surface area (Å²) in [5.74, 6) is -0.269. The summed E-state index contributed by atoms with van der Waals surface area (Å²) in [6.45, 7) is 2.76. The van der Waals surface area contributed by atoms with E-state index in [2.05, 4.69) is 15.4 Å². The Balaban J connectivity index is 1.13. The second-order valence-corrected chi connectivity index (χ2v) is 7.68. The summed E-state index contributed by atoms with van der Waals surface area (Å²) in [4.78, 5) is 26.8. The lowest BCUT2D eigenvalue weighted by Gasteiger charge is -2.31. The minimum absolute atomic E-state index is 0.0218. The normalized spacial score (nSPS) is 15.1. The van der Waals surface area contributed by atoms with Crippen LogP contribution in [0.2, 0.25) is 0 Å². The molecule has 162 valence electrons. The van der Waals surface area contributed by atoms with Gasteiger partial charge in [0.25, 0.3) is 0 Å². The molecule has 2 heterocycles. The predicted molar refractivity (Wildman–Crippen MR) is 113 cm³/mol. The van der Waals surface area contributed by atoms with E-state index in [1.165, 1.54) is 12.1 Å². The SMILES string of the molecule is O=C(Nc1ccc2oncc2c1)OCCCN1CCC(C(=O)c2ccc(F)cc2)CC1. The van der Waals surface area contributed by atoms with Crippen molar-refractivity contribution in [3.8, 4) is 0 Å². The van der Waals surface area contributed by atoms with Gasteiger partial charge in [-0.15, -0.1) is 0 Å². The van der Waals surface area contributed by atoms with Crippen molar-refractivity contribution in [2.75, 3.05) is 31.6 Å². The van der Waals surface area contributed by atoms with Gasteiger partial charge < -0.3 is 14.2 Å². The first kappa shape index (κ1) is 21.0. The summed E-state index contributed by atoms with van der Waals surface area (Å²) in [5.41, 5.74) is 1.85. The topological polar surface area (TPSA) is 84.7 Å². The minimum Gasteiger partial charge on any atom is -0.449 e. The Bertz CT molecular complexity index is 1040. The Kier molecular flexibility index (Phi) is 6.57. The zero-order valence-electron chi connectivity index (χ0n) is 17.1. The first-order valence-electron chi connectivity index (χ1n) is 10.4. The average molecular weight is 425 g/mol. The predicted octanol–water partition coefficient (Wildman–Crippen LogP) is 4.50. The third-order valence-electron chi connectivity index (χ3n) is 5.54. The number of rotatable bonds is 7. The number of nitrogens with zero attached hydrogens (tertiary/aromatic N) is 2. The number of amides is 1. The smallest absolute Gasteiger partial charge is 0.411 e. The number of hydrogen-bond donors (Lipinski definition) is 1. The van der Waals surface area contributed by atoms with Crippen LogP contribution in [-0.2, 0) is 4.74 Å². The van der Waals surface area contributed by atoms with Crippen molar-refractivity contribution >= 4 is 28.5 Å². The summed E-state index contributed by atoms with van der Waals surface area (Å²) in [5, 5.41) is 7.20. The van der Waals surface area contributed by atoms with E-state index in [9.17, 15) is 14.0 Å². The summed E-state index contributed by atoms with van der Waals surface area (Å²) in [7, 11) is 0. The largest absolute Gasteiger partial charge is 0.449 e.